The van der Waals surface area contributed by atoms with Gasteiger partial charge >= 0.3 is 0 Å². The Morgan fingerprint density at radius 2 is 0.828 bits per heavy atom. The SMILES string of the molecule is CC(C)CC(Cc1cccc(-n2c3c(c4cc(-c5cccc(-n6c7ccccc7c7ccccc76)c5)ccc42)CC(C)C=C3)c1)C(C)CCC(C)CC(C)Cc1cc(-n2c3ccccc3c3ccccc32)cc(-n2c3ccccc3c3ccccc32)c1. The predicted octanol–water partition coefficient (Wildman–Crippen LogP) is 22.3. The van der Waals surface area contributed by atoms with E-state index in [1.807, 2.05) is 0 Å². The first-order chi connectivity index (χ1) is 42.6. The van der Waals surface area contributed by atoms with E-state index in [9.17, 15) is 0 Å². The molecule has 0 amide bonds. The van der Waals surface area contributed by atoms with Crippen molar-refractivity contribution >= 4 is 82.4 Å². The molecule has 5 unspecified atom stereocenters. The standard InChI is InChI=1S/C83H78N4/c1-54(2)43-63(47-59-21-19-23-64(48-59)84-82-41-38-56(4)46-74(82)75-52-62(40-42-83(75)84)61-22-20-24-65(51-61)85-76-31-13-7-25-68(76)69-26-8-14-32-77(69)85)58(6)39-37-55(3)44-57(5)45-60-49-66(86-78-33-15-9-27-70(78)71-28-10-16-34-79(71)86)53-67(50-60)87-80-35-17-11-29-72(80)73-30-12-18-36-81(73)87/h7-36,38,40-42,48-58,63H,37,39,43-47H2,1-6H3. The van der Waals surface area contributed by atoms with Gasteiger partial charge in [0.15, 0.2) is 0 Å². The molecule has 0 radical (unpaired) electrons. The van der Waals surface area contributed by atoms with E-state index in [4.69, 9.17) is 0 Å². The summed E-state index contributed by atoms with van der Waals surface area (Å²) < 4.78 is 9.99. The number of hydrogen-bond acceptors (Lipinski definition) is 0. The third-order valence-corrected chi connectivity index (χ3v) is 19.6. The lowest BCUT2D eigenvalue weighted by molar-refractivity contribution is 0.259. The number of nitrogens with zero attached hydrogens (tertiary/aromatic N) is 4. The first-order valence-electron chi connectivity index (χ1n) is 32.2. The Balaban J connectivity index is 0.677. The van der Waals surface area contributed by atoms with Crippen LogP contribution in [0, 0.1) is 35.5 Å². The van der Waals surface area contributed by atoms with Crippen molar-refractivity contribution in [3.63, 3.8) is 0 Å². The average molecular weight is 1130 g/mol. The van der Waals surface area contributed by atoms with Crippen LogP contribution in [0.25, 0.3) is 116 Å². The average Bonchev–Trinajstić information content (AvgIpc) is 1.73. The lowest BCUT2D eigenvalue weighted by atomic mass is 9.78. The van der Waals surface area contributed by atoms with Crippen molar-refractivity contribution in [2.75, 3.05) is 0 Å². The molecule has 1 aliphatic rings. The Labute approximate surface area is 512 Å². The van der Waals surface area contributed by atoms with E-state index in [1.165, 1.54) is 158 Å². The van der Waals surface area contributed by atoms with Gasteiger partial charge in [0.05, 0.1) is 38.6 Å². The van der Waals surface area contributed by atoms with Gasteiger partial charge in [-0.1, -0.05) is 200 Å². The summed E-state index contributed by atoms with van der Waals surface area (Å²) in [5, 5.41) is 9.09. The molecule has 4 heterocycles. The van der Waals surface area contributed by atoms with Crippen LogP contribution >= 0.6 is 0 Å². The number of hydrogen-bond donors (Lipinski definition) is 0. The van der Waals surface area contributed by atoms with Crippen LogP contribution in [-0.4, -0.2) is 18.3 Å². The zero-order valence-electron chi connectivity index (χ0n) is 51.3. The number of allylic oxidation sites excluding steroid dienone is 1. The van der Waals surface area contributed by atoms with E-state index in [-0.39, 0.29) is 0 Å². The lowest BCUT2D eigenvalue weighted by Crippen LogP contribution is -2.18. The van der Waals surface area contributed by atoms with Gasteiger partial charge in [-0.15, -0.1) is 0 Å². The van der Waals surface area contributed by atoms with E-state index >= 15 is 0 Å². The van der Waals surface area contributed by atoms with E-state index < -0.39 is 0 Å². The second-order valence-corrected chi connectivity index (χ2v) is 26.5. The van der Waals surface area contributed by atoms with Crippen molar-refractivity contribution in [1.29, 1.82) is 0 Å². The molecule has 0 N–H and O–H groups in total. The minimum Gasteiger partial charge on any atom is -0.310 e. The highest BCUT2D eigenvalue weighted by Crippen LogP contribution is 2.42. The largest absolute Gasteiger partial charge is 0.310 e. The minimum atomic E-state index is 0.482. The fourth-order valence-electron chi connectivity index (χ4n) is 15.6. The van der Waals surface area contributed by atoms with E-state index in [2.05, 4.69) is 302 Å². The zero-order chi connectivity index (χ0) is 58.9. The second kappa shape index (κ2) is 22.6. The number of benzene rings is 10. The molecule has 4 aromatic heterocycles. The Kier molecular flexibility index (Phi) is 14.2. The Bertz CT molecular complexity index is 4640. The number of para-hydroxylation sites is 6. The Hall–Kier alpha value is -9.12. The molecule has 0 saturated heterocycles. The van der Waals surface area contributed by atoms with Gasteiger partial charge in [-0.3, -0.25) is 0 Å². The third-order valence-electron chi connectivity index (χ3n) is 19.6. The van der Waals surface area contributed by atoms with Crippen LogP contribution in [0.4, 0.5) is 0 Å². The predicted molar refractivity (Wildman–Crippen MR) is 372 cm³/mol. The fourth-order valence-corrected chi connectivity index (χ4v) is 15.6. The van der Waals surface area contributed by atoms with Gasteiger partial charge in [0.25, 0.3) is 0 Å². The van der Waals surface area contributed by atoms with Crippen molar-refractivity contribution in [2.24, 2.45) is 35.5 Å². The molecule has 0 saturated carbocycles. The van der Waals surface area contributed by atoms with Gasteiger partial charge < -0.3 is 18.3 Å². The van der Waals surface area contributed by atoms with Crippen molar-refractivity contribution in [1.82, 2.24) is 18.3 Å². The summed E-state index contributed by atoms with van der Waals surface area (Å²) in [6.45, 7) is 14.8. The Morgan fingerprint density at radius 3 is 1.36 bits per heavy atom. The maximum absolute atomic E-state index is 2.56. The summed E-state index contributed by atoms with van der Waals surface area (Å²) >= 11 is 0. The molecule has 0 bridgehead atoms. The summed E-state index contributed by atoms with van der Waals surface area (Å²) in [5.74, 6) is 3.47. The van der Waals surface area contributed by atoms with Crippen molar-refractivity contribution in [3.05, 3.63) is 259 Å². The second-order valence-electron chi connectivity index (χ2n) is 26.5. The van der Waals surface area contributed by atoms with Crippen LogP contribution in [0.2, 0.25) is 0 Å². The highest BCUT2D eigenvalue weighted by molar-refractivity contribution is 6.11. The first kappa shape index (κ1) is 54.5. The van der Waals surface area contributed by atoms with Crippen molar-refractivity contribution in [3.8, 4) is 33.9 Å². The number of fused-ring (bicyclic) bond motifs is 12. The summed E-state index contributed by atoms with van der Waals surface area (Å²) in [7, 11) is 0. The van der Waals surface area contributed by atoms with E-state index in [1.54, 1.807) is 0 Å². The quantitative estimate of drug-likeness (QED) is 0.0866. The summed E-state index contributed by atoms with van der Waals surface area (Å²) in [6.07, 6.45) is 12.9. The smallest absolute Gasteiger partial charge is 0.0541 e. The van der Waals surface area contributed by atoms with Crippen LogP contribution in [0.1, 0.15) is 89.6 Å². The molecule has 430 valence electrons. The van der Waals surface area contributed by atoms with Gasteiger partial charge in [-0.05, 0) is 193 Å². The normalized spacial score (nSPS) is 15.0. The van der Waals surface area contributed by atoms with Crippen LogP contribution in [0.15, 0.2) is 237 Å². The maximum atomic E-state index is 2.56. The van der Waals surface area contributed by atoms with Crippen molar-refractivity contribution < 1.29 is 0 Å². The molecular formula is C83H78N4. The zero-order valence-corrected chi connectivity index (χ0v) is 51.3. The topological polar surface area (TPSA) is 19.7 Å². The fraction of sp³-hybridized carbons (Fsp3) is 0.229. The van der Waals surface area contributed by atoms with Crippen LogP contribution < -0.4 is 0 Å². The molecule has 5 atom stereocenters. The number of rotatable bonds is 17. The van der Waals surface area contributed by atoms with Gasteiger partial charge in [-0.25, -0.2) is 0 Å². The molecule has 1 aliphatic carbocycles. The highest BCUT2D eigenvalue weighted by atomic mass is 15.0. The van der Waals surface area contributed by atoms with Gasteiger partial charge in [-0.2, -0.15) is 0 Å². The molecular weight excluding hydrogens is 1050 g/mol. The maximum Gasteiger partial charge on any atom is 0.0541 e. The van der Waals surface area contributed by atoms with Gasteiger partial charge in [0.1, 0.15) is 0 Å². The molecule has 0 aliphatic heterocycles. The molecule has 14 aromatic rings. The molecule has 10 aromatic carbocycles. The van der Waals surface area contributed by atoms with Crippen LogP contribution in [-0.2, 0) is 19.3 Å². The van der Waals surface area contributed by atoms with Gasteiger partial charge in [0.2, 0.25) is 0 Å². The Morgan fingerprint density at radius 1 is 0.368 bits per heavy atom. The monoisotopic (exact) mass is 1130 g/mol. The molecule has 87 heavy (non-hydrogen) atoms. The minimum absolute atomic E-state index is 0.482. The molecule has 0 spiro atoms. The summed E-state index contributed by atoms with van der Waals surface area (Å²) in [5.41, 5.74) is 21.7. The third kappa shape index (κ3) is 9.98. The summed E-state index contributed by atoms with van der Waals surface area (Å²) in [6, 6.07) is 86.6. The van der Waals surface area contributed by atoms with E-state index in [0.717, 1.165) is 19.3 Å². The number of aromatic nitrogens is 4. The molecule has 0 fully saturated rings. The molecule has 4 nitrogen and oxygen atoms in total. The van der Waals surface area contributed by atoms with E-state index in [0.29, 0.717) is 35.5 Å². The molecule has 15 rings (SSSR count). The molecule has 4 heteroatoms. The first-order valence-corrected chi connectivity index (χ1v) is 32.2. The van der Waals surface area contributed by atoms with Gasteiger partial charge in [0, 0.05) is 66.1 Å². The lowest BCUT2D eigenvalue weighted by Gasteiger charge is -2.28. The van der Waals surface area contributed by atoms with Crippen molar-refractivity contribution in [2.45, 2.75) is 86.5 Å². The highest BCUT2D eigenvalue weighted by Gasteiger charge is 2.26. The van der Waals surface area contributed by atoms with Crippen LogP contribution in [0.3, 0.4) is 0 Å². The van der Waals surface area contributed by atoms with Crippen LogP contribution in [0.5, 0.6) is 0 Å². The summed E-state index contributed by atoms with van der Waals surface area (Å²) in [4.78, 5) is 0.